The maximum Gasteiger partial charge on any atom is 0.407 e. The predicted octanol–water partition coefficient (Wildman–Crippen LogP) is 11.7. The summed E-state index contributed by atoms with van der Waals surface area (Å²) in [7, 11) is 0. The van der Waals surface area contributed by atoms with Crippen LogP contribution in [-0.4, -0.2) is 107 Å². The first-order chi connectivity index (χ1) is 35.1. The number of likely N-dealkylation sites (tertiary alicyclic amines) is 1. The molecule has 5 rings (SSSR count). The molecule has 5 aliphatic rings. The summed E-state index contributed by atoms with van der Waals surface area (Å²) in [6, 6.07) is 0. The number of rotatable bonds is 41. The summed E-state index contributed by atoms with van der Waals surface area (Å²) in [6.45, 7) is 7.02. The lowest BCUT2D eigenvalue weighted by atomic mass is 9.51. The summed E-state index contributed by atoms with van der Waals surface area (Å²) < 4.78 is 34.3. The third-order valence-corrected chi connectivity index (χ3v) is 15.2. The van der Waals surface area contributed by atoms with Crippen molar-refractivity contribution >= 4 is 35.9 Å². The Bertz CT molecular complexity index is 1530. The molecule has 0 atom stereocenters. The summed E-state index contributed by atoms with van der Waals surface area (Å²) in [5.74, 6) is 1.17. The predicted molar refractivity (Wildman–Crippen MR) is 279 cm³/mol. The van der Waals surface area contributed by atoms with Crippen LogP contribution in [0.15, 0.2) is 24.3 Å². The minimum atomic E-state index is -1.35. The highest BCUT2D eigenvalue weighted by molar-refractivity contribution is 5.71. The minimum absolute atomic E-state index is 0.128. The lowest BCUT2D eigenvalue weighted by Gasteiger charge is -2.54. The van der Waals surface area contributed by atoms with Gasteiger partial charge in [0.15, 0.2) is 0 Å². The summed E-state index contributed by atoms with van der Waals surface area (Å²) in [6.07, 6.45) is 33.4. The fourth-order valence-corrected chi connectivity index (χ4v) is 11.2. The quantitative estimate of drug-likeness (QED) is 0.0266. The van der Waals surface area contributed by atoms with Gasteiger partial charge in [-0.15, -0.1) is 0 Å². The molecule has 0 radical (unpaired) electrons. The maximum absolute atomic E-state index is 13.7. The Balaban J connectivity index is 1.27. The Kier molecular flexibility index (Phi) is 31.1. The number of amides is 1. The zero-order valence-corrected chi connectivity index (χ0v) is 44.8. The second-order valence-electron chi connectivity index (χ2n) is 21.6. The van der Waals surface area contributed by atoms with Crippen LogP contribution in [0, 0.1) is 35.0 Å². The number of carbonyl (C=O) groups excluding carboxylic acids is 6. The zero-order valence-electron chi connectivity index (χ0n) is 44.8. The van der Waals surface area contributed by atoms with Gasteiger partial charge < -0.3 is 38.6 Å². The van der Waals surface area contributed by atoms with Crippen LogP contribution in [0.1, 0.15) is 206 Å². The lowest BCUT2D eigenvalue weighted by molar-refractivity contribution is -0.167. The molecule has 4 aliphatic carbocycles. The standard InChI is InChI=1S/C58H96N2O12/c1-3-5-7-9-11-17-25-35-67-52(61)27-19-13-15-21-29-54(63)69-43-58(46-72-57(66)59-31-34-60-32-23-24-33-60,45-71-56(65)42-51-49-38-47-37-48(40-49)41-50(51)39-47)44-70-55(64)30-22-16-14-20-28-53(62)68-36-26-18-12-10-8-6-4-2/h11-12,17-18,47-51H,3-10,13-16,19-46H2,1-2H3,(H,59,66)/b17-11-,18-12-. The van der Waals surface area contributed by atoms with E-state index in [0.717, 1.165) is 76.3 Å². The third-order valence-electron chi connectivity index (χ3n) is 15.2. The van der Waals surface area contributed by atoms with Gasteiger partial charge in [0.25, 0.3) is 0 Å². The van der Waals surface area contributed by atoms with E-state index in [0.29, 0.717) is 95.9 Å². The van der Waals surface area contributed by atoms with E-state index in [1.807, 2.05) is 0 Å². The Morgan fingerprint density at radius 3 is 1.36 bits per heavy atom. The summed E-state index contributed by atoms with van der Waals surface area (Å²) in [5, 5.41) is 2.82. The molecule has 410 valence electrons. The van der Waals surface area contributed by atoms with Gasteiger partial charge in [0.05, 0.1) is 13.2 Å². The normalized spacial score (nSPS) is 20.5. The number of allylic oxidation sites excluding steroid dienone is 2. The molecule has 0 aromatic rings. The number of ether oxygens (including phenoxy) is 6. The molecule has 1 N–H and O–H groups in total. The van der Waals surface area contributed by atoms with E-state index in [2.05, 4.69) is 48.4 Å². The second-order valence-corrected chi connectivity index (χ2v) is 21.6. The van der Waals surface area contributed by atoms with Crippen molar-refractivity contribution in [1.29, 1.82) is 0 Å². The zero-order chi connectivity index (χ0) is 51.5. The number of esters is 5. The van der Waals surface area contributed by atoms with Gasteiger partial charge in [-0.25, -0.2) is 4.79 Å². The van der Waals surface area contributed by atoms with Crippen LogP contribution in [0.3, 0.4) is 0 Å². The van der Waals surface area contributed by atoms with Crippen molar-refractivity contribution in [1.82, 2.24) is 10.2 Å². The van der Waals surface area contributed by atoms with Gasteiger partial charge in [0.1, 0.15) is 31.8 Å². The van der Waals surface area contributed by atoms with Crippen molar-refractivity contribution in [2.45, 2.75) is 206 Å². The highest BCUT2D eigenvalue weighted by atomic mass is 16.6. The molecule has 1 amide bonds. The third kappa shape index (κ3) is 26.3. The van der Waals surface area contributed by atoms with Crippen LogP contribution in [0.4, 0.5) is 4.79 Å². The first kappa shape index (κ1) is 60.6. The minimum Gasteiger partial charge on any atom is -0.465 e. The largest absolute Gasteiger partial charge is 0.465 e. The van der Waals surface area contributed by atoms with Crippen molar-refractivity contribution < 1.29 is 57.2 Å². The van der Waals surface area contributed by atoms with Gasteiger partial charge in [-0.1, -0.05) is 89.5 Å². The molecule has 5 fully saturated rings. The van der Waals surface area contributed by atoms with Crippen molar-refractivity contribution in [2.24, 2.45) is 35.0 Å². The molecule has 1 heterocycles. The van der Waals surface area contributed by atoms with Crippen LogP contribution in [-0.2, 0) is 52.4 Å². The van der Waals surface area contributed by atoms with E-state index in [1.165, 1.54) is 70.6 Å². The van der Waals surface area contributed by atoms with Crippen LogP contribution in [0.2, 0.25) is 0 Å². The fraction of sp³-hybridized carbons (Fsp3) is 0.828. The van der Waals surface area contributed by atoms with Gasteiger partial charge >= 0.3 is 35.9 Å². The van der Waals surface area contributed by atoms with E-state index in [4.69, 9.17) is 28.4 Å². The van der Waals surface area contributed by atoms with E-state index < -0.39 is 23.4 Å². The van der Waals surface area contributed by atoms with Gasteiger partial charge in [-0.3, -0.25) is 24.0 Å². The lowest BCUT2D eigenvalue weighted by Crippen LogP contribution is -2.47. The van der Waals surface area contributed by atoms with Crippen LogP contribution < -0.4 is 5.32 Å². The summed E-state index contributed by atoms with van der Waals surface area (Å²) >= 11 is 0. The van der Waals surface area contributed by atoms with E-state index in [-0.39, 0.29) is 63.1 Å². The fourth-order valence-electron chi connectivity index (χ4n) is 11.2. The van der Waals surface area contributed by atoms with Gasteiger partial charge in [-0.05, 0) is 152 Å². The molecule has 1 aliphatic heterocycles. The van der Waals surface area contributed by atoms with Crippen molar-refractivity contribution in [2.75, 3.05) is 65.8 Å². The van der Waals surface area contributed by atoms with E-state index in [1.54, 1.807) is 0 Å². The van der Waals surface area contributed by atoms with Gasteiger partial charge in [0.2, 0.25) is 0 Å². The van der Waals surface area contributed by atoms with Gasteiger partial charge in [-0.2, -0.15) is 0 Å². The molecule has 4 bridgehead atoms. The number of carbonyl (C=O) groups is 6. The van der Waals surface area contributed by atoms with Crippen molar-refractivity contribution in [3.8, 4) is 0 Å². The molecule has 0 aromatic heterocycles. The average Bonchev–Trinajstić information content (AvgIpc) is 3.89. The molecule has 14 nitrogen and oxygen atoms in total. The first-order valence-corrected chi connectivity index (χ1v) is 28.8. The Hall–Kier alpha value is -3.94. The number of alkyl carbamates (subject to hydrolysis) is 1. The highest BCUT2D eigenvalue weighted by Gasteiger charge is 2.49. The smallest absolute Gasteiger partial charge is 0.407 e. The average molecular weight is 1010 g/mol. The Labute approximate surface area is 433 Å². The number of hydrogen-bond acceptors (Lipinski definition) is 13. The molecular formula is C58H96N2O12. The first-order valence-electron chi connectivity index (χ1n) is 28.8. The molecule has 72 heavy (non-hydrogen) atoms. The van der Waals surface area contributed by atoms with Crippen LogP contribution >= 0.6 is 0 Å². The molecule has 1 saturated heterocycles. The van der Waals surface area contributed by atoms with Crippen LogP contribution in [0.25, 0.3) is 0 Å². The second kappa shape index (κ2) is 36.9. The maximum atomic E-state index is 13.7. The highest BCUT2D eigenvalue weighted by Crippen LogP contribution is 2.57. The van der Waals surface area contributed by atoms with Crippen molar-refractivity contribution in [3.63, 3.8) is 0 Å². The molecular weight excluding hydrogens is 917 g/mol. The van der Waals surface area contributed by atoms with Crippen molar-refractivity contribution in [3.05, 3.63) is 24.3 Å². The summed E-state index contributed by atoms with van der Waals surface area (Å²) in [4.78, 5) is 80.1. The molecule has 4 saturated carbocycles. The number of nitrogens with one attached hydrogen (secondary N) is 1. The monoisotopic (exact) mass is 1010 g/mol. The van der Waals surface area contributed by atoms with Gasteiger partial charge in [0, 0.05) is 45.2 Å². The number of nitrogens with zero attached hydrogens (tertiary/aromatic N) is 1. The SMILES string of the molecule is CCCCC/C=C\CCOC(=O)CCCCCCC(=O)OCC(COC(=O)CCCCCCC(=O)OCC/C=C\CCCCC)(COC(=O)CC1C2CC3CC(C2)CC1C3)COC(=O)NCCN1CCCC1. The van der Waals surface area contributed by atoms with Crippen LogP contribution in [0.5, 0.6) is 0 Å². The Morgan fingerprint density at radius 2 is 0.903 bits per heavy atom. The molecule has 0 aromatic carbocycles. The molecule has 14 heteroatoms. The van der Waals surface area contributed by atoms with E-state index in [9.17, 15) is 28.8 Å². The number of hydrogen-bond donors (Lipinski definition) is 1. The molecule has 0 unspecified atom stereocenters. The molecule has 0 spiro atoms. The van der Waals surface area contributed by atoms with E-state index >= 15 is 0 Å². The number of unbranched alkanes of at least 4 members (excludes halogenated alkanes) is 12. The topological polar surface area (TPSA) is 173 Å². The Morgan fingerprint density at radius 1 is 0.486 bits per heavy atom. The summed E-state index contributed by atoms with van der Waals surface area (Å²) in [5.41, 5.74) is -1.35.